The largest absolute Gasteiger partial charge is 0.517 e. The van der Waals surface area contributed by atoms with Crippen molar-refractivity contribution < 1.29 is 10.2 Å². The summed E-state index contributed by atoms with van der Waals surface area (Å²) in [7, 11) is -2.61. The van der Waals surface area contributed by atoms with E-state index in [9.17, 15) is 10.2 Å². The van der Waals surface area contributed by atoms with Gasteiger partial charge in [0.1, 0.15) is 0 Å². The Balaban J connectivity index is 2.78. The Bertz CT molecular complexity index is 630. The molecule has 0 radical (unpaired) electrons. The van der Waals surface area contributed by atoms with E-state index in [0.717, 1.165) is 0 Å². The van der Waals surface area contributed by atoms with E-state index in [1.807, 2.05) is 42.5 Å². The fraction of sp³-hybridized carbons (Fsp3) is 0.333. The van der Waals surface area contributed by atoms with Crippen molar-refractivity contribution in [1.29, 1.82) is 0 Å². The normalized spacial score (nSPS) is 14.5. The Morgan fingerprint density at radius 2 is 1.38 bits per heavy atom. The zero-order valence-corrected chi connectivity index (χ0v) is 16.0. The molecule has 0 aliphatic carbocycles. The summed E-state index contributed by atoms with van der Waals surface area (Å²) in [5, 5.41) is 23.6. The lowest BCUT2D eigenvalue weighted by Gasteiger charge is -2.43. The van der Waals surface area contributed by atoms with Gasteiger partial charge in [0.15, 0.2) is 8.07 Å². The van der Waals surface area contributed by atoms with Gasteiger partial charge in [0.05, 0.1) is 11.5 Å². The Morgan fingerprint density at radius 1 is 0.958 bits per heavy atom. The molecule has 2 N–H and O–H groups in total. The lowest BCUT2D eigenvalue weighted by molar-refractivity contribution is 0.197. The molecule has 0 saturated carbocycles. The molecular formula is C21H28O2Si. The van der Waals surface area contributed by atoms with Gasteiger partial charge in [-0.15, -0.1) is 0 Å². The van der Waals surface area contributed by atoms with Gasteiger partial charge in [0.25, 0.3) is 0 Å². The van der Waals surface area contributed by atoms with E-state index in [0.29, 0.717) is 11.8 Å². The molecule has 0 saturated heterocycles. The van der Waals surface area contributed by atoms with Crippen LogP contribution in [-0.4, -0.2) is 24.4 Å². The third-order valence-electron chi connectivity index (χ3n) is 4.58. The molecule has 0 spiro atoms. The van der Waals surface area contributed by atoms with Crippen LogP contribution in [0.2, 0.25) is 5.04 Å². The van der Waals surface area contributed by atoms with Crippen molar-refractivity contribution in [3.05, 3.63) is 72.1 Å². The van der Waals surface area contributed by atoms with Crippen LogP contribution in [-0.2, 0) is 0 Å². The average Bonchev–Trinajstić information content (AvgIpc) is 2.54. The molecule has 0 aliphatic rings. The van der Waals surface area contributed by atoms with E-state index in [-0.39, 0.29) is 5.04 Å². The molecule has 2 aromatic rings. The van der Waals surface area contributed by atoms with Gasteiger partial charge in [-0.2, -0.15) is 0 Å². The number of aliphatic hydroxyl groups is 2. The van der Waals surface area contributed by atoms with Crippen molar-refractivity contribution in [2.75, 3.05) is 0 Å². The maximum atomic E-state index is 11.3. The predicted octanol–water partition coefficient (Wildman–Crippen LogP) is 3.80. The second kappa shape index (κ2) is 7.37. The first-order valence-corrected chi connectivity index (χ1v) is 10.5. The van der Waals surface area contributed by atoms with Gasteiger partial charge < -0.3 is 10.2 Å². The van der Waals surface area contributed by atoms with Crippen LogP contribution in [0.3, 0.4) is 0 Å². The number of rotatable bonds is 5. The average molecular weight is 341 g/mol. The Kier molecular flexibility index (Phi) is 5.68. The van der Waals surface area contributed by atoms with Crippen LogP contribution in [0.4, 0.5) is 0 Å². The quantitative estimate of drug-likeness (QED) is 0.642. The van der Waals surface area contributed by atoms with Crippen LogP contribution in [0, 0.1) is 0 Å². The summed E-state index contributed by atoms with van der Waals surface area (Å²) in [5.74, 6) is 0. The second-order valence-corrected chi connectivity index (χ2v) is 12.1. The molecule has 0 aliphatic heterocycles. The minimum atomic E-state index is -2.61. The zero-order valence-electron chi connectivity index (χ0n) is 15.0. The zero-order chi connectivity index (χ0) is 17.8. The topological polar surface area (TPSA) is 40.5 Å². The molecule has 0 bridgehead atoms. The first-order valence-electron chi connectivity index (χ1n) is 8.49. The summed E-state index contributed by atoms with van der Waals surface area (Å²) in [6.07, 6.45) is 1.81. The second-order valence-electron chi connectivity index (χ2n) is 7.41. The summed E-state index contributed by atoms with van der Waals surface area (Å²) in [6.45, 7) is 8.35. The van der Waals surface area contributed by atoms with E-state index in [2.05, 4.69) is 45.0 Å². The molecule has 3 heteroatoms. The van der Waals surface area contributed by atoms with Gasteiger partial charge in [-0.1, -0.05) is 81.4 Å². The molecule has 24 heavy (non-hydrogen) atoms. The molecule has 0 fully saturated rings. The summed E-state index contributed by atoms with van der Waals surface area (Å²) >= 11 is 0. The maximum Gasteiger partial charge on any atom is 0.196 e. The van der Waals surface area contributed by atoms with Gasteiger partial charge in [-0.05, 0) is 34.8 Å². The monoisotopic (exact) mass is 340 g/mol. The molecule has 0 unspecified atom stereocenters. The lowest BCUT2D eigenvalue weighted by atomic mass is 10.2. The van der Waals surface area contributed by atoms with Gasteiger partial charge in [-0.3, -0.25) is 0 Å². The molecular weight excluding hydrogens is 312 g/mol. The molecule has 0 aromatic heterocycles. The summed E-state index contributed by atoms with van der Waals surface area (Å²) < 4.78 is 0. The van der Waals surface area contributed by atoms with Crippen LogP contribution in [0.5, 0.6) is 0 Å². The van der Waals surface area contributed by atoms with Crippen molar-refractivity contribution in [3.63, 3.8) is 0 Å². The molecule has 2 rings (SSSR count). The third-order valence-corrected chi connectivity index (χ3v) is 10.2. The van der Waals surface area contributed by atoms with Gasteiger partial charge in [-0.25, -0.2) is 0 Å². The SMILES string of the molecule is C[C@H](O)CC=C(O)[Si](c1ccccc1)(c1ccccc1)C(C)(C)C. The first kappa shape index (κ1) is 18.5. The molecule has 0 amide bonds. The molecule has 1 atom stereocenters. The molecule has 0 heterocycles. The van der Waals surface area contributed by atoms with Crippen molar-refractivity contribution in [2.45, 2.75) is 45.3 Å². The van der Waals surface area contributed by atoms with E-state index >= 15 is 0 Å². The van der Waals surface area contributed by atoms with E-state index < -0.39 is 14.2 Å². The van der Waals surface area contributed by atoms with Gasteiger partial charge in [0, 0.05) is 0 Å². The van der Waals surface area contributed by atoms with Crippen LogP contribution in [0.25, 0.3) is 0 Å². The minimum Gasteiger partial charge on any atom is -0.517 e. The summed E-state index contributed by atoms with van der Waals surface area (Å²) in [5.41, 5.74) is 0. The summed E-state index contributed by atoms with van der Waals surface area (Å²) in [6, 6.07) is 20.6. The smallest absolute Gasteiger partial charge is 0.196 e. The number of hydrogen-bond donors (Lipinski definition) is 2. The number of hydrogen-bond acceptors (Lipinski definition) is 2. The number of aliphatic hydroxyl groups excluding tert-OH is 2. The van der Waals surface area contributed by atoms with E-state index in [4.69, 9.17) is 0 Å². The third kappa shape index (κ3) is 3.47. The minimum absolute atomic E-state index is 0.130. The number of benzene rings is 2. The Morgan fingerprint density at radius 3 is 1.71 bits per heavy atom. The first-order chi connectivity index (χ1) is 11.3. The van der Waals surface area contributed by atoms with Crippen molar-refractivity contribution >= 4 is 18.4 Å². The molecule has 2 nitrogen and oxygen atoms in total. The van der Waals surface area contributed by atoms with Crippen LogP contribution in [0.15, 0.2) is 72.1 Å². The fourth-order valence-corrected chi connectivity index (χ4v) is 8.76. The van der Waals surface area contributed by atoms with Crippen LogP contribution in [0.1, 0.15) is 34.1 Å². The van der Waals surface area contributed by atoms with Crippen molar-refractivity contribution in [1.82, 2.24) is 0 Å². The molecule has 128 valence electrons. The predicted molar refractivity (Wildman–Crippen MR) is 105 cm³/mol. The summed E-state index contributed by atoms with van der Waals surface area (Å²) in [4.78, 5) is 0. The highest BCUT2D eigenvalue weighted by molar-refractivity contribution is 7.08. The van der Waals surface area contributed by atoms with Crippen LogP contribution >= 0.6 is 0 Å². The van der Waals surface area contributed by atoms with E-state index in [1.54, 1.807) is 6.92 Å². The highest BCUT2D eigenvalue weighted by Crippen LogP contribution is 2.39. The molecule has 2 aromatic carbocycles. The highest BCUT2D eigenvalue weighted by Gasteiger charge is 2.51. The lowest BCUT2D eigenvalue weighted by Crippen LogP contribution is -2.66. The maximum absolute atomic E-state index is 11.3. The van der Waals surface area contributed by atoms with Crippen molar-refractivity contribution in [2.24, 2.45) is 0 Å². The Labute approximate surface area is 146 Å². The van der Waals surface area contributed by atoms with Gasteiger partial charge >= 0.3 is 0 Å². The standard InChI is InChI=1S/C21H28O2Si/c1-17(22)15-16-20(23)24(21(2,3)4,18-11-7-5-8-12-18)19-13-9-6-10-14-19/h5-14,16-17,22-23H,15H2,1-4H3/t17-/m0/s1. The van der Waals surface area contributed by atoms with E-state index in [1.165, 1.54) is 10.4 Å². The highest BCUT2D eigenvalue weighted by atomic mass is 28.3. The van der Waals surface area contributed by atoms with Crippen LogP contribution < -0.4 is 10.4 Å². The van der Waals surface area contributed by atoms with Crippen molar-refractivity contribution in [3.8, 4) is 0 Å². The fourth-order valence-electron chi connectivity index (χ4n) is 3.52. The van der Waals surface area contributed by atoms with Gasteiger partial charge in [0.2, 0.25) is 0 Å². The Hall–Kier alpha value is -1.84.